The van der Waals surface area contributed by atoms with Gasteiger partial charge in [0.15, 0.2) is 0 Å². The highest BCUT2D eigenvalue weighted by atomic mass is 16.7. The van der Waals surface area contributed by atoms with Crippen molar-refractivity contribution in [1.82, 2.24) is 5.06 Å². The fraction of sp³-hybridized carbons (Fsp3) is 1.00. The lowest BCUT2D eigenvalue weighted by atomic mass is 10.3. The minimum Gasteiger partial charge on any atom is -0.299 e. The van der Waals surface area contributed by atoms with Gasteiger partial charge in [0, 0.05) is 13.1 Å². The van der Waals surface area contributed by atoms with Gasteiger partial charge >= 0.3 is 0 Å². The maximum atomic E-state index is 5.10. The Morgan fingerprint density at radius 2 is 2.43 bits per heavy atom. The van der Waals surface area contributed by atoms with E-state index in [-0.39, 0.29) is 0 Å². The first kappa shape index (κ1) is 5.06. The molecule has 1 rings (SSSR count). The van der Waals surface area contributed by atoms with E-state index in [9.17, 15) is 0 Å². The van der Waals surface area contributed by atoms with Crippen molar-refractivity contribution in [2.24, 2.45) is 0 Å². The largest absolute Gasteiger partial charge is 0.299 e. The summed E-state index contributed by atoms with van der Waals surface area (Å²) < 4.78 is 0. The van der Waals surface area contributed by atoms with E-state index in [1.165, 1.54) is 6.42 Å². The smallest absolute Gasteiger partial charge is 0.0700 e. The van der Waals surface area contributed by atoms with Crippen molar-refractivity contribution in [2.75, 3.05) is 13.7 Å². The van der Waals surface area contributed by atoms with Gasteiger partial charge < -0.3 is 0 Å². The van der Waals surface area contributed by atoms with E-state index in [1.807, 2.05) is 12.1 Å². The fourth-order valence-electron chi connectivity index (χ4n) is 0.676. The predicted octanol–water partition coefficient (Wildman–Crippen LogP) is 0.642. The van der Waals surface area contributed by atoms with Gasteiger partial charge in [0.2, 0.25) is 0 Å². The molecule has 0 aromatic rings. The molecule has 0 aromatic heterocycles. The standard InChI is InChI=1S/C5H11NO/c1-5-3-4-7-6(5)2/h5H,3-4H2,1-2H3/t5-/m0/s1. The van der Waals surface area contributed by atoms with Crippen LogP contribution in [0, 0.1) is 0 Å². The molecule has 0 radical (unpaired) electrons. The quantitative estimate of drug-likeness (QED) is 0.444. The second-order valence-corrected chi connectivity index (χ2v) is 2.02. The molecule has 1 atom stereocenters. The molecule has 0 aromatic carbocycles. The van der Waals surface area contributed by atoms with Crippen LogP contribution < -0.4 is 0 Å². The van der Waals surface area contributed by atoms with Gasteiger partial charge in [-0.05, 0) is 13.3 Å². The van der Waals surface area contributed by atoms with Crippen molar-refractivity contribution in [3.05, 3.63) is 0 Å². The van der Waals surface area contributed by atoms with Gasteiger partial charge in [-0.15, -0.1) is 0 Å². The Morgan fingerprint density at radius 1 is 1.71 bits per heavy atom. The van der Waals surface area contributed by atoms with E-state index in [2.05, 4.69) is 6.92 Å². The minimum atomic E-state index is 0.625. The van der Waals surface area contributed by atoms with Gasteiger partial charge in [0.05, 0.1) is 6.61 Å². The molecule has 1 fully saturated rings. The lowest BCUT2D eigenvalue weighted by molar-refractivity contribution is -0.106. The third-order valence-corrected chi connectivity index (χ3v) is 1.45. The molecule has 0 unspecified atom stereocenters. The number of nitrogens with zero attached hydrogens (tertiary/aromatic N) is 1. The Morgan fingerprint density at radius 3 is 2.57 bits per heavy atom. The molecule has 0 bridgehead atoms. The summed E-state index contributed by atoms with van der Waals surface area (Å²) in [4.78, 5) is 5.10. The molecule has 0 saturated carbocycles. The lowest BCUT2D eigenvalue weighted by Crippen LogP contribution is -2.19. The predicted molar refractivity (Wildman–Crippen MR) is 27.8 cm³/mol. The van der Waals surface area contributed by atoms with Crippen LogP contribution in [0.1, 0.15) is 13.3 Å². The Labute approximate surface area is 44.0 Å². The van der Waals surface area contributed by atoms with E-state index in [4.69, 9.17) is 4.84 Å². The maximum absolute atomic E-state index is 5.10. The van der Waals surface area contributed by atoms with Crippen LogP contribution in [0.4, 0.5) is 0 Å². The molecule has 0 spiro atoms. The van der Waals surface area contributed by atoms with Gasteiger partial charge in [0.1, 0.15) is 0 Å². The monoisotopic (exact) mass is 101 g/mol. The molecule has 1 aliphatic rings. The molecule has 0 N–H and O–H groups in total. The molecular formula is C5H11NO. The Kier molecular flexibility index (Phi) is 1.30. The van der Waals surface area contributed by atoms with Crippen LogP contribution in [0.25, 0.3) is 0 Å². The fourth-order valence-corrected chi connectivity index (χ4v) is 0.676. The highest BCUT2D eigenvalue weighted by Crippen LogP contribution is 2.09. The van der Waals surface area contributed by atoms with Gasteiger partial charge in [0.25, 0.3) is 0 Å². The third kappa shape index (κ3) is 0.924. The molecule has 2 nitrogen and oxygen atoms in total. The maximum Gasteiger partial charge on any atom is 0.0700 e. The topological polar surface area (TPSA) is 12.5 Å². The van der Waals surface area contributed by atoms with Crippen molar-refractivity contribution < 1.29 is 4.84 Å². The van der Waals surface area contributed by atoms with Crippen LogP contribution >= 0.6 is 0 Å². The van der Waals surface area contributed by atoms with Crippen LogP contribution in [0.5, 0.6) is 0 Å². The average molecular weight is 101 g/mol. The summed E-state index contributed by atoms with van der Waals surface area (Å²) in [5.41, 5.74) is 0. The minimum absolute atomic E-state index is 0.625. The average Bonchev–Trinajstić information content (AvgIpc) is 1.91. The summed E-state index contributed by atoms with van der Waals surface area (Å²) in [6.07, 6.45) is 1.18. The Bertz CT molecular complexity index is 57.1. The molecule has 42 valence electrons. The van der Waals surface area contributed by atoms with Crippen molar-refractivity contribution >= 4 is 0 Å². The van der Waals surface area contributed by atoms with E-state index in [1.54, 1.807) is 0 Å². The molecular weight excluding hydrogens is 90.1 g/mol. The van der Waals surface area contributed by atoms with Gasteiger partial charge in [-0.1, -0.05) is 0 Å². The summed E-state index contributed by atoms with van der Waals surface area (Å²) >= 11 is 0. The highest BCUT2D eigenvalue weighted by Gasteiger charge is 2.15. The van der Waals surface area contributed by atoms with Gasteiger partial charge in [-0.25, -0.2) is 0 Å². The van der Waals surface area contributed by atoms with Crippen molar-refractivity contribution in [3.8, 4) is 0 Å². The Balaban J connectivity index is 2.33. The number of hydroxylamine groups is 2. The molecule has 1 aliphatic heterocycles. The van der Waals surface area contributed by atoms with E-state index >= 15 is 0 Å². The molecule has 0 amide bonds. The number of rotatable bonds is 0. The summed E-state index contributed by atoms with van der Waals surface area (Å²) in [6, 6.07) is 0.625. The van der Waals surface area contributed by atoms with E-state index in [0.29, 0.717) is 6.04 Å². The molecule has 1 saturated heterocycles. The summed E-state index contributed by atoms with van der Waals surface area (Å²) in [5, 5.41) is 1.90. The Hall–Kier alpha value is -0.0800. The third-order valence-electron chi connectivity index (χ3n) is 1.45. The zero-order valence-corrected chi connectivity index (χ0v) is 4.85. The first-order chi connectivity index (χ1) is 3.30. The summed E-state index contributed by atoms with van der Waals surface area (Å²) in [6.45, 7) is 3.06. The SMILES string of the molecule is C[C@H]1CCON1C. The molecule has 1 heterocycles. The number of hydrogen-bond acceptors (Lipinski definition) is 2. The van der Waals surface area contributed by atoms with Crippen LogP contribution in [0.3, 0.4) is 0 Å². The zero-order valence-electron chi connectivity index (χ0n) is 4.85. The van der Waals surface area contributed by atoms with Crippen molar-refractivity contribution in [3.63, 3.8) is 0 Å². The zero-order chi connectivity index (χ0) is 5.28. The second-order valence-electron chi connectivity index (χ2n) is 2.02. The highest BCUT2D eigenvalue weighted by molar-refractivity contribution is 4.59. The summed E-state index contributed by atoms with van der Waals surface area (Å²) in [5.74, 6) is 0. The molecule has 2 heteroatoms. The number of hydrogen-bond donors (Lipinski definition) is 0. The first-order valence-electron chi connectivity index (χ1n) is 2.66. The van der Waals surface area contributed by atoms with E-state index < -0.39 is 0 Å². The van der Waals surface area contributed by atoms with E-state index in [0.717, 1.165) is 6.61 Å². The molecule has 7 heavy (non-hydrogen) atoms. The lowest BCUT2D eigenvalue weighted by Gasteiger charge is -2.10. The van der Waals surface area contributed by atoms with Crippen LogP contribution in [0.2, 0.25) is 0 Å². The first-order valence-corrected chi connectivity index (χ1v) is 2.66. The van der Waals surface area contributed by atoms with Crippen molar-refractivity contribution in [2.45, 2.75) is 19.4 Å². The summed E-state index contributed by atoms with van der Waals surface area (Å²) in [7, 11) is 1.97. The van der Waals surface area contributed by atoms with Gasteiger partial charge in [-0.3, -0.25) is 4.84 Å². The van der Waals surface area contributed by atoms with Crippen LogP contribution in [-0.4, -0.2) is 24.8 Å². The van der Waals surface area contributed by atoms with Crippen molar-refractivity contribution in [1.29, 1.82) is 0 Å². The van der Waals surface area contributed by atoms with Gasteiger partial charge in [-0.2, -0.15) is 5.06 Å². The second kappa shape index (κ2) is 1.80. The van der Waals surface area contributed by atoms with Crippen LogP contribution in [-0.2, 0) is 4.84 Å². The van der Waals surface area contributed by atoms with Crippen LogP contribution in [0.15, 0.2) is 0 Å². The molecule has 0 aliphatic carbocycles. The normalized spacial score (nSPS) is 34.3.